The van der Waals surface area contributed by atoms with Crippen molar-refractivity contribution in [3.63, 3.8) is 0 Å². The molecule has 4 heteroatoms. The first-order valence-corrected chi connectivity index (χ1v) is 6.85. The van der Waals surface area contributed by atoms with Crippen molar-refractivity contribution in [1.82, 2.24) is 5.32 Å². The molecule has 0 fully saturated rings. The van der Waals surface area contributed by atoms with Crippen molar-refractivity contribution >= 4 is 11.6 Å². The third-order valence-electron chi connectivity index (χ3n) is 3.23. The lowest BCUT2D eigenvalue weighted by Gasteiger charge is -2.20. The summed E-state index contributed by atoms with van der Waals surface area (Å²) in [6.45, 7) is 4.30. The Morgan fingerprint density at radius 1 is 1.15 bits per heavy atom. The van der Waals surface area contributed by atoms with Crippen LogP contribution in [0.1, 0.15) is 29.7 Å². The van der Waals surface area contributed by atoms with Crippen LogP contribution in [0.15, 0.2) is 36.4 Å². The summed E-state index contributed by atoms with van der Waals surface area (Å²) in [6.07, 6.45) is 0. The molecule has 0 aliphatic heterocycles. The van der Waals surface area contributed by atoms with E-state index in [4.69, 9.17) is 11.6 Å². The van der Waals surface area contributed by atoms with Crippen LogP contribution >= 0.6 is 11.6 Å². The number of aryl methyl sites for hydroxylation is 1. The van der Waals surface area contributed by atoms with E-state index in [0.717, 1.165) is 5.56 Å². The van der Waals surface area contributed by atoms with Gasteiger partial charge in [-0.05, 0) is 42.3 Å². The average Bonchev–Trinajstić information content (AvgIpc) is 2.43. The Hall–Kier alpha value is -1.45. The molecule has 2 aromatic rings. The fourth-order valence-corrected chi connectivity index (χ4v) is 2.38. The molecule has 1 nitrogen and oxygen atoms in total. The van der Waals surface area contributed by atoms with Gasteiger partial charge in [-0.2, -0.15) is 0 Å². The van der Waals surface area contributed by atoms with Gasteiger partial charge >= 0.3 is 0 Å². The lowest BCUT2D eigenvalue weighted by atomic mass is 9.97. The number of hydrogen-bond donors (Lipinski definition) is 1. The third kappa shape index (κ3) is 3.00. The van der Waals surface area contributed by atoms with Gasteiger partial charge < -0.3 is 5.32 Å². The summed E-state index contributed by atoms with van der Waals surface area (Å²) in [5.74, 6) is -0.752. The van der Waals surface area contributed by atoms with Crippen molar-refractivity contribution in [1.29, 1.82) is 0 Å². The largest absolute Gasteiger partial charge is 0.306 e. The summed E-state index contributed by atoms with van der Waals surface area (Å²) in [5, 5.41) is 3.28. The zero-order valence-electron chi connectivity index (χ0n) is 11.4. The van der Waals surface area contributed by atoms with E-state index in [1.54, 1.807) is 25.1 Å². The second kappa shape index (κ2) is 6.33. The fraction of sp³-hybridized carbons (Fsp3) is 0.250. The molecule has 0 aromatic heterocycles. The molecule has 0 saturated carbocycles. The summed E-state index contributed by atoms with van der Waals surface area (Å²) < 4.78 is 27.3. The molecule has 0 saturated heterocycles. The normalized spacial score (nSPS) is 12.4. The average molecular weight is 296 g/mol. The molecule has 2 aromatic carbocycles. The van der Waals surface area contributed by atoms with Crippen LogP contribution < -0.4 is 5.32 Å². The third-order valence-corrected chi connectivity index (χ3v) is 3.63. The maximum absolute atomic E-state index is 13.7. The number of benzene rings is 2. The minimum atomic E-state index is -0.473. The molecule has 0 amide bonds. The Kier molecular flexibility index (Phi) is 4.73. The van der Waals surface area contributed by atoms with E-state index in [2.05, 4.69) is 5.32 Å². The minimum Gasteiger partial charge on any atom is -0.306 e. The summed E-state index contributed by atoms with van der Waals surface area (Å²) >= 11 is 6.04. The molecule has 0 radical (unpaired) electrons. The van der Waals surface area contributed by atoms with Crippen LogP contribution in [0.25, 0.3) is 0 Å². The van der Waals surface area contributed by atoms with Gasteiger partial charge in [0, 0.05) is 0 Å². The Morgan fingerprint density at radius 3 is 2.55 bits per heavy atom. The fourth-order valence-electron chi connectivity index (χ4n) is 2.14. The van der Waals surface area contributed by atoms with E-state index < -0.39 is 5.82 Å². The van der Waals surface area contributed by atoms with Crippen LogP contribution in [0.4, 0.5) is 8.78 Å². The highest BCUT2D eigenvalue weighted by molar-refractivity contribution is 6.31. The molecule has 20 heavy (non-hydrogen) atoms. The van der Waals surface area contributed by atoms with Gasteiger partial charge in [-0.25, -0.2) is 8.78 Å². The Morgan fingerprint density at radius 2 is 1.90 bits per heavy atom. The van der Waals surface area contributed by atoms with Gasteiger partial charge in [0.05, 0.1) is 11.1 Å². The van der Waals surface area contributed by atoms with Gasteiger partial charge in [-0.3, -0.25) is 0 Å². The van der Waals surface area contributed by atoms with Gasteiger partial charge in [0.2, 0.25) is 0 Å². The van der Waals surface area contributed by atoms with Crippen LogP contribution in [0, 0.1) is 18.6 Å². The Labute approximate surface area is 122 Å². The minimum absolute atomic E-state index is 0.0689. The molecule has 0 heterocycles. The van der Waals surface area contributed by atoms with Crippen LogP contribution in [0.5, 0.6) is 0 Å². The van der Waals surface area contributed by atoms with Crippen LogP contribution in [0.3, 0.4) is 0 Å². The van der Waals surface area contributed by atoms with Crippen molar-refractivity contribution in [3.05, 3.63) is 69.7 Å². The van der Waals surface area contributed by atoms with Gasteiger partial charge in [-0.1, -0.05) is 42.8 Å². The lowest BCUT2D eigenvalue weighted by molar-refractivity contribution is 0.590. The maximum atomic E-state index is 13.7. The predicted molar refractivity (Wildman–Crippen MR) is 78.1 cm³/mol. The highest BCUT2D eigenvalue weighted by Gasteiger charge is 2.18. The Bertz CT molecular complexity index is 613. The smallest absolute Gasteiger partial charge is 0.142 e. The monoisotopic (exact) mass is 295 g/mol. The van der Waals surface area contributed by atoms with Crippen molar-refractivity contribution < 1.29 is 8.78 Å². The quantitative estimate of drug-likeness (QED) is 0.867. The van der Waals surface area contributed by atoms with Gasteiger partial charge in [-0.15, -0.1) is 0 Å². The zero-order chi connectivity index (χ0) is 14.7. The van der Waals surface area contributed by atoms with E-state index in [1.807, 2.05) is 13.0 Å². The highest BCUT2D eigenvalue weighted by atomic mass is 35.5. The second-order valence-corrected chi connectivity index (χ2v) is 5.02. The number of hydrogen-bond acceptors (Lipinski definition) is 1. The van der Waals surface area contributed by atoms with Gasteiger partial charge in [0.15, 0.2) is 0 Å². The molecular formula is C16H16ClF2N. The van der Waals surface area contributed by atoms with E-state index in [1.165, 1.54) is 12.1 Å². The second-order valence-electron chi connectivity index (χ2n) is 4.64. The zero-order valence-corrected chi connectivity index (χ0v) is 12.1. The lowest BCUT2D eigenvalue weighted by Crippen LogP contribution is -2.22. The molecular weight excluding hydrogens is 280 g/mol. The highest BCUT2D eigenvalue weighted by Crippen LogP contribution is 2.30. The molecule has 0 spiro atoms. The van der Waals surface area contributed by atoms with Crippen molar-refractivity contribution in [2.75, 3.05) is 6.54 Å². The molecule has 1 atom stereocenters. The van der Waals surface area contributed by atoms with Crippen molar-refractivity contribution in [2.24, 2.45) is 0 Å². The molecule has 0 aliphatic carbocycles. The summed E-state index contributed by atoms with van der Waals surface area (Å²) in [4.78, 5) is 0. The van der Waals surface area contributed by atoms with E-state index in [9.17, 15) is 8.78 Å². The van der Waals surface area contributed by atoms with E-state index in [0.29, 0.717) is 17.7 Å². The maximum Gasteiger partial charge on any atom is 0.142 e. The SMILES string of the molecule is CCNC(c1ccc(C)c(F)c1)c1cccc(F)c1Cl. The number of halogens is 3. The van der Waals surface area contributed by atoms with Crippen LogP contribution in [-0.2, 0) is 0 Å². The number of nitrogens with one attached hydrogen (secondary N) is 1. The predicted octanol–water partition coefficient (Wildman–Crippen LogP) is 4.63. The van der Waals surface area contributed by atoms with Crippen molar-refractivity contribution in [3.8, 4) is 0 Å². The van der Waals surface area contributed by atoms with Crippen LogP contribution in [0.2, 0.25) is 5.02 Å². The first-order valence-electron chi connectivity index (χ1n) is 6.48. The van der Waals surface area contributed by atoms with Crippen molar-refractivity contribution in [2.45, 2.75) is 19.9 Å². The molecule has 0 bridgehead atoms. The Balaban J connectivity index is 2.50. The topological polar surface area (TPSA) is 12.0 Å². The first-order chi connectivity index (χ1) is 9.54. The standard InChI is InChI=1S/C16H16ClF2N/c1-3-20-16(11-8-7-10(2)14(19)9-11)12-5-4-6-13(18)15(12)17/h4-9,16,20H,3H2,1-2H3. The van der Waals surface area contributed by atoms with E-state index >= 15 is 0 Å². The van der Waals surface area contributed by atoms with Crippen LogP contribution in [-0.4, -0.2) is 6.54 Å². The summed E-state index contributed by atoms with van der Waals surface area (Å²) in [6, 6.07) is 9.32. The molecule has 1 N–H and O–H groups in total. The summed E-state index contributed by atoms with van der Waals surface area (Å²) in [5.41, 5.74) is 1.91. The van der Waals surface area contributed by atoms with Gasteiger partial charge in [0.1, 0.15) is 11.6 Å². The number of rotatable bonds is 4. The molecule has 1 unspecified atom stereocenters. The summed E-state index contributed by atoms with van der Waals surface area (Å²) in [7, 11) is 0. The molecule has 0 aliphatic rings. The van der Waals surface area contributed by atoms with E-state index in [-0.39, 0.29) is 16.9 Å². The first kappa shape index (κ1) is 14.9. The molecule has 2 rings (SSSR count). The molecule has 106 valence electrons. The van der Waals surface area contributed by atoms with Gasteiger partial charge in [0.25, 0.3) is 0 Å².